The van der Waals surface area contributed by atoms with Crippen molar-refractivity contribution in [1.29, 1.82) is 5.41 Å². The molecular formula is C28H31N5O3. The first-order valence-electron chi connectivity index (χ1n) is 12.0. The smallest absolute Gasteiger partial charge is 0.251 e. The SMILES string of the molecule is N=C(N)c1ccc(CNC(=O)c2ccc3c(c2)NC(CCO)C(=O)N(CCc2ccccc2)C3)cc1. The van der Waals surface area contributed by atoms with Gasteiger partial charge in [0.05, 0.1) is 0 Å². The van der Waals surface area contributed by atoms with Crippen molar-refractivity contribution in [3.05, 3.63) is 101 Å². The molecule has 8 nitrogen and oxygen atoms in total. The van der Waals surface area contributed by atoms with Crippen molar-refractivity contribution in [2.24, 2.45) is 5.73 Å². The van der Waals surface area contributed by atoms with Crippen molar-refractivity contribution in [2.45, 2.75) is 32.0 Å². The van der Waals surface area contributed by atoms with Crippen LogP contribution in [-0.4, -0.2) is 46.8 Å². The Bertz CT molecular complexity index is 1230. The third kappa shape index (κ3) is 6.09. The molecule has 1 unspecified atom stereocenters. The van der Waals surface area contributed by atoms with Gasteiger partial charge >= 0.3 is 0 Å². The number of benzene rings is 3. The number of amidine groups is 1. The first kappa shape index (κ1) is 24.9. The second kappa shape index (κ2) is 11.5. The van der Waals surface area contributed by atoms with Crippen molar-refractivity contribution in [3.63, 3.8) is 0 Å². The van der Waals surface area contributed by atoms with E-state index in [1.54, 1.807) is 24.3 Å². The molecular weight excluding hydrogens is 454 g/mol. The highest BCUT2D eigenvalue weighted by molar-refractivity contribution is 5.96. The molecule has 0 radical (unpaired) electrons. The highest BCUT2D eigenvalue weighted by atomic mass is 16.3. The molecule has 0 aromatic heterocycles. The number of anilines is 1. The van der Waals surface area contributed by atoms with Crippen LogP contribution in [0.1, 0.15) is 39.0 Å². The molecule has 3 aromatic carbocycles. The van der Waals surface area contributed by atoms with Gasteiger partial charge in [-0.2, -0.15) is 0 Å². The number of nitrogens with two attached hydrogens (primary N) is 1. The molecule has 0 aliphatic carbocycles. The number of aliphatic hydroxyl groups is 1. The van der Waals surface area contributed by atoms with Crippen LogP contribution in [0.3, 0.4) is 0 Å². The van der Waals surface area contributed by atoms with Crippen LogP contribution in [0.2, 0.25) is 0 Å². The maximum Gasteiger partial charge on any atom is 0.251 e. The summed E-state index contributed by atoms with van der Waals surface area (Å²) >= 11 is 0. The Balaban J connectivity index is 1.46. The average Bonchev–Trinajstić information content (AvgIpc) is 3.02. The molecule has 2 amide bonds. The lowest BCUT2D eigenvalue weighted by Gasteiger charge is -2.24. The molecule has 0 spiro atoms. The number of nitrogens with one attached hydrogen (secondary N) is 3. The van der Waals surface area contributed by atoms with Gasteiger partial charge in [-0.25, -0.2) is 0 Å². The van der Waals surface area contributed by atoms with E-state index in [4.69, 9.17) is 11.1 Å². The molecule has 1 heterocycles. The lowest BCUT2D eigenvalue weighted by atomic mass is 10.1. The molecule has 0 fully saturated rings. The van der Waals surface area contributed by atoms with E-state index in [2.05, 4.69) is 10.6 Å². The number of carbonyl (C=O) groups is 2. The molecule has 3 aromatic rings. The van der Waals surface area contributed by atoms with Gasteiger partial charge in [0.25, 0.3) is 5.91 Å². The normalized spacial score (nSPS) is 15.0. The summed E-state index contributed by atoms with van der Waals surface area (Å²) in [7, 11) is 0. The summed E-state index contributed by atoms with van der Waals surface area (Å²) in [6.07, 6.45) is 1.02. The van der Waals surface area contributed by atoms with Crippen molar-refractivity contribution in [2.75, 3.05) is 18.5 Å². The molecule has 1 atom stereocenters. The Morgan fingerprint density at radius 1 is 1.06 bits per heavy atom. The Hall–Kier alpha value is -4.17. The topological polar surface area (TPSA) is 132 Å². The second-order valence-corrected chi connectivity index (χ2v) is 8.87. The summed E-state index contributed by atoms with van der Waals surface area (Å²) in [5.41, 5.74) is 10.3. The van der Waals surface area contributed by atoms with Crippen LogP contribution in [0.4, 0.5) is 5.69 Å². The summed E-state index contributed by atoms with van der Waals surface area (Å²) in [6.45, 7) is 1.21. The van der Waals surface area contributed by atoms with Crippen LogP contribution >= 0.6 is 0 Å². The van der Waals surface area contributed by atoms with Crippen LogP contribution in [0.15, 0.2) is 72.8 Å². The number of amides is 2. The first-order chi connectivity index (χ1) is 17.4. The number of rotatable bonds is 9. The van der Waals surface area contributed by atoms with Crippen LogP contribution in [0, 0.1) is 5.41 Å². The fourth-order valence-corrected chi connectivity index (χ4v) is 4.25. The van der Waals surface area contributed by atoms with Gasteiger partial charge in [0.2, 0.25) is 5.91 Å². The second-order valence-electron chi connectivity index (χ2n) is 8.87. The lowest BCUT2D eigenvalue weighted by Crippen LogP contribution is -2.41. The number of fused-ring (bicyclic) bond motifs is 1. The van der Waals surface area contributed by atoms with Crippen molar-refractivity contribution >= 4 is 23.3 Å². The third-order valence-corrected chi connectivity index (χ3v) is 6.32. The van der Waals surface area contributed by atoms with Crippen molar-refractivity contribution < 1.29 is 14.7 Å². The number of hydrogen-bond donors (Lipinski definition) is 5. The zero-order valence-corrected chi connectivity index (χ0v) is 20.0. The van der Waals surface area contributed by atoms with E-state index in [9.17, 15) is 14.7 Å². The molecule has 8 heteroatoms. The monoisotopic (exact) mass is 485 g/mol. The standard InChI is InChI=1S/C28H31N5O3/c29-26(30)21-8-6-20(7-9-21)17-31-27(35)22-10-11-23-18-33(14-12-19-4-2-1-3-5-19)28(36)24(13-15-34)32-25(23)16-22/h1-11,16,24,32,34H,12-15,17-18H2,(H3,29,30)(H,31,35). The van der Waals surface area contributed by atoms with Gasteiger partial charge in [0.15, 0.2) is 0 Å². The maximum atomic E-state index is 13.2. The van der Waals surface area contributed by atoms with Gasteiger partial charge in [-0.05, 0) is 41.7 Å². The number of nitrogen functional groups attached to an aromatic ring is 1. The van der Waals surface area contributed by atoms with E-state index in [1.165, 1.54) is 0 Å². The van der Waals surface area contributed by atoms with Crippen LogP contribution in [-0.2, 0) is 24.3 Å². The maximum absolute atomic E-state index is 13.2. The minimum atomic E-state index is -0.565. The molecule has 36 heavy (non-hydrogen) atoms. The molecule has 1 aliphatic rings. The van der Waals surface area contributed by atoms with E-state index >= 15 is 0 Å². The number of hydrogen-bond acceptors (Lipinski definition) is 5. The van der Waals surface area contributed by atoms with E-state index < -0.39 is 6.04 Å². The van der Waals surface area contributed by atoms with Gasteiger partial charge in [0.1, 0.15) is 11.9 Å². The van der Waals surface area contributed by atoms with Gasteiger partial charge in [0, 0.05) is 43.1 Å². The van der Waals surface area contributed by atoms with Crippen LogP contribution in [0.5, 0.6) is 0 Å². The number of carbonyl (C=O) groups excluding carboxylic acids is 2. The van der Waals surface area contributed by atoms with Gasteiger partial charge in [-0.1, -0.05) is 60.7 Å². The van der Waals surface area contributed by atoms with Gasteiger partial charge in [-0.3, -0.25) is 15.0 Å². The Morgan fingerprint density at radius 3 is 2.47 bits per heavy atom. The fraction of sp³-hybridized carbons (Fsp3) is 0.250. The van der Waals surface area contributed by atoms with Gasteiger partial charge in [-0.15, -0.1) is 0 Å². The summed E-state index contributed by atoms with van der Waals surface area (Å²) in [4.78, 5) is 27.9. The lowest BCUT2D eigenvalue weighted by molar-refractivity contribution is -0.132. The molecule has 186 valence electrons. The van der Waals surface area contributed by atoms with Gasteiger partial charge < -0.3 is 26.4 Å². The Labute approximate surface area is 210 Å². The molecule has 0 bridgehead atoms. The van der Waals surface area contributed by atoms with Crippen molar-refractivity contribution in [1.82, 2.24) is 10.2 Å². The predicted molar refractivity (Wildman–Crippen MR) is 140 cm³/mol. The quantitative estimate of drug-likeness (QED) is 0.235. The predicted octanol–water partition coefficient (Wildman–Crippen LogP) is 2.65. The van der Waals surface area contributed by atoms with E-state index in [0.717, 1.165) is 28.8 Å². The molecule has 0 saturated carbocycles. The number of nitrogens with zero attached hydrogens (tertiary/aromatic N) is 1. The highest BCUT2D eigenvalue weighted by Gasteiger charge is 2.29. The van der Waals surface area contributed by atoms with Crippen LogP contribution in [0.25, 0.3) is 0 Å². The molecule has 6 N–H and O–H groups in total. The summed E-state index contributed by atoms with van der Waals surface area (Å²) in [5.74, 6) is -0.290. The van der Waals surface area contributed by atoms with E-state index in [-0.39, 0.29) is 30.7 Å². The Kier molecular flexibility index (Phi) is 7.97. The van der Waals surface area contributed by atoms with Crippen LogP contribution < -0.4 is 16.4 Å². The van der Waals surface area contributed by atoms with E-state index in [1.807, 2.05) is 53.4 Å². The molecule has 1 aliphatic heterocycles. The van der Waals surface area contributed by atoms with E-state index in [0.29, 0.717) is 30.8 Å². The zero-order valence-electron chi connectivity index (χ0n) is 20.0. The Morgan fingerprint density at radius 2 is 1.78 bits per heavy atom. The van der Waals surface area contributed by atoms with Crippen molar-refractivity contribution in [3.8, 4) is 0 Å². The summed E-state index contributed by atoms with van der Waals surface area (Å²) in [5, 5.41) is 23.2. The minimum Gasteiger partial charge on any atom is -0.396 e. The zero-order chi connectivity index (χ0) is 25.5. The fourth-order valence-electron chi connectivity index (χ4n) is 4.25. The summed E-state index contributed by atoms with van der Waals surface area (Å²) < 4.78 is 0. The average molecular weight is 486 g/mol. The number of aliphatic hydroxyl groups excluding tert-OH is 1. The summed E-state index contributed by atoms with van der Waals surface area (Å²) in [6, 6.07) is 22.0. The third-order valence-electron chi connectivity index (χ3n) is 6.32. The first-order valence-corrected chi connectivity index (χ1v) is 12.0. The highest BCUT2D eigenvalue weighted by Crippen LogP contribution is 2.26. The molecule has 4 rings (SSSR count). The molecule has 0 saturated heterocycles. The minimum absolute atomic E-state index is 0.000298. The largest absolute Gasteiger partial charge is 0.396 e.